The van der Waals surface area contributed by atoms with E-state index in [1.54, 1.807) is 24.3 Å². The van der Waals surface area contributed by atoms with Gasteiger partial charge in [-0.3, -0.25) is 4.79 Å². The third-order valence-electron chi connectivity index (χ3n) is 4.49. The molecule has 0 radical (unpaired) electrons. The summed E-state index contributed by atoms with van der Waals surface area (Å²) in [6.07, 6.45) is 1.40. The fourth-order valence-corrected chi connectivity index (χ4v) is 3.06. The molecule has 3 aromatic heterocycles. The normalized spacial score (nSPS) is 11.1. The molecular weight excluding hydrogens is 390 g/mol. The average Bonchev–Trinajstić information content (AvgIpc) is 3.11. The SMILES string of the molecule is O=c1nccccc1Nc1nc2ccccc2c2nc(-c3ccc(F)c(F)c3)nn12. The van der Waals surface area contributed by atoms with Crippen molar-refractivity contribution in [1.82, 2.24) is 24.6 Å². The Labute approximate surface area is 167 Å². The molecule has 0 unspecified atom stereocenters. The van der Waals surface area contributed by atoms with E-state index in [0.29, 0.717) is 22.1 Å². The standard InChI is InChI=1S/C21H12F2N6O/c22-14-9-8-12(11-15(14)23)18-27-19-13-5-1-2-6-16(13)25-21(29(19)28-18)26-17-7-3-4-10-24-20(17)30/h1-11H,(H,24,25,26,30). The lowest BCUT2D eigenvalue weighted by Crippen LogP contribution is -2.11. The van der Waals surface area contributed by atoms with E-state index in [4.69, 9.17) is 0 Å². The Morgan fingerprint density at radius 3 is 2.60 bits per heavy atom. The highest BCUT2D eigenvalue weighted by molar-refractivity contribution is 5.93. The van der Waals surface area contributed by atoms with E-state index in [-0.39, 0.29) is 17.5 Å². The number of hydrogen-bond donors (Lipinski definition) is 1. The van der Waals surface area contributed by atoms with Crippen molar-refractivity contribution in [2.75, 3.05) is 5.32 Å². The molecule has 0 aliphatic heterocycles. The van der Waals surface area contributed by atoms with Gasteiger partial charge >= 0.3 is 0 Å². The van der Waals surface area contributed by atoms with Crippen molar-refractivity contribution >= 4 is 28.2 Å². The molecule has 146 valence electrons. The second kappa shape index (κ2) is 6.96. The molecule has 0 fully saturated rings. The summed E-state index contributed by atoms with van der Waals surface area (Å²) < 4.78 is 28.5. The van der Waals surface area contributed by atoms with E-state index < -0.39 is 17.2 Å². The zero-order valence-corrected chi connectivity index (χ0v) is 15.3. The molecule has 0 saturated carbocycles. The molecule has 0 saturated heterocycles. The molecule has 5 aromatic rings. The Kier molecular flexibility index (Phi) is 4.13. The summed E-state index contributed by atoms with van der Waals surface area (Å²) in [5, 5.41) is 8.08. The van der Waals surface area contributed by atoms with Gasteiger partial charge in [0.25, 0.3) is 5.56 Å². The molecule has 5 rings (SSSR count). The molecule has 0 aliphatic rings. The number of hydrogen-bond acceptors (Lipinski definition) is 6. The second-order valence-electron chi connectivity index (χ2n) is 6.43. The van der Waals surface area contributed by atoms with E-state index in [1.165, 1.54) is 16.8 Å². The van der Waals surface area contributed by atoms with Crippen LogP contribution in [0.25, 0.3) is 27.9 Å². The zero-order valence-electron chi connectivity index (χ0n) is 15.3. The van der Waals surface area contributed by atoms with Crippen LogP contribution in [0, 0.1) is 11.6 Å². The molecule has 30 heavy (non-hydrogen) atoms. The van der Waals surface area contributed by atoms with E-state index in [0.717, 1.165) is 12.1 Å². The second-order valence-corrected chi connectivity index (χ2v) is 6.43. The lowest BCUT2D eigenvalue weighted by Gasteiger charge is -2.07. The van der Waals surface area contributed by atoms with E-state index >= 15 is 0 Å². The molecule has 2 aromatic carbocycles. The fourth-order valence-electron chi connectivity index (χ4n) is 3.06. The highest BCUT2D eigenvalue weighted by Crippen LogP contribution is 2.25. The van der Waals surface area contributed by atoms with Gasteiger partial charge in [-0.15, -0.1) is 5.10 Å². The zero-order chi connectivity index (χ0) is 20.7. The van der Waals surface area contributed by atoms with Crippen LogP contribution in [0.4, 0.5) is 20.4 Å². The lowest BCUT2D eigenvalue weighted by molar-refractivity contribution is 0.509. The Hall–Kier alpha value is -4.27. The van der Waals surface area contributed by atoms with Crippen molar-refractivity contribution in [3.05, 3.63) is 88.8 Å². The molecule has 0 bridgehead atoms. The number of aromatic nitrogens is 5. The summed E-state index contributed by atoms with van der Waals surface area (Å²) in [6, 6.07) is 15.6. The summed E-state index contributed by atoms with van der Waals surface area (Å²) >= 11 is 0. The van der Waals surface area contributed by atoms with Crippen LogP contribution >= 0.6 is 0 Å². The monoisotopic (exact) mass is 402 g/mol. The summed E-state index contributed by atoms with van der Waals surface area (Å²) in [4.78, 5) is 25.0. The largest absolute Gasteiger partial charge is 0.319 e. The quantitative estimate of drug-likeness (QED) is 0.495. The number of benzene rings is 2. The average molecular weight is 402 g/mol. The van der Waals surface area contributed by atoms with Crippen LogP contribution < -0.4 is 10.9 Å². The van der Waals surface area contributed by atoms with Gasteiger partial charge in [-0.05, 0) is 42.5 Å². The predicted octanol–water partition coefficient (Wildman–Crippen LogP) is 3.72. The van der Waals surface area contributed by atoms with Crippen LogP contribution in [-0.4, -0.2) is 24.6 Å². The maximum absolute atomic E-state index is 13.7. The number of nitrogens with one attached hydrogen (secondary N) is 1. The van der Waals surface area contributed by atoms with Crippen molar-refractivity contribution in [3.63, 3.8) is 0 Å². The van der Waals surface area contributed by atoms with Crippen molar-refractivity contribution in [2.24, 2.45) is 0 Å². The Morgan fingerprint density at radius 2 is 1.73 bits per heavy atom. The summed E-state index contributed by atoms with van der Waals surface area (Å²) in [5.41, 5.74) is 1.11. The van der Waals surface area contributed by atoms with E-state index in [1.807, 2.05) is 18.2 Å². The van der Waals surface area contributed by atoms with E-state index in [2.05, 4.69) is 25.4 Å². The topological polar surface area (TPSA) is 85.1 Å². The van der Waals surface area contributed by atoms with Crippen LogP contribution in [0.15, 0.2) is 71.7 Å². The minimum atomic E-state index is -0.994. The molecule has 7 nitrogen and oxygen atoms in total. The predicted molar refractivity (Wildman–Crippen MR) is 107 cm³/mol. The van der Waals surface area contributed by atoms with Crippen molar-refractivity contribution < 1.29 is 8.78 Å². The molecular formula is C21H12F2N6O. The first kappa shape index (κ1) is 17.8. The number of nitrogens with zero attached hydrogens (tertiary/aromatic N) is 5. The number of anilines is 2. The Bertz CT molecular complexity index is 1480. The van der Waals surface area contributed by atoms with Crippen LogP contribution in [0.2, 0.25) is 0 Å². The van der Waals surface area contributed by atoms with Crippen molar-refractivity contribution in [2.45, 2.75) is 0 Å². The maximum atomic E-state index is 13.7. The van der Waals surface area contributed by atoms with Crippen LogP contribution in [0.1, 0.15) is 0 Å². The highest BCUT2D eigenvalue weighted by atomic mass is 19.2. The van der Waals surface area contributed by atoms with Gasteiger partial charge < -0.3 is 5.32 Å². The first-order chi connectivity index (χ1) is 14.6. The summed E-state index contributed by atoms with van der Waals surface area (Å²) in [6.45, 7) is 0. The van der Waals surface area contributed by atoms with Gasteiger partial charge in [0.1, 0.15) is 5.69 Å². The van der Waals surface area contributed by atoms with E-state index in [9.17, 15) is 13.6 Å². The van der Waals surface area contributed by atoms with Crippen LogP contribution in [-0.2, 0) is 0 Å². The van der Waals surface area contributed by atoms with Gasteiger partial charge in [0, 0.05) is 17.1 Å². The maximum Gasteiger partial charge on any atom is 0.293 e. The summed E-state index contributed by atoms with van der Waals surface area (Å²) in [5.74, 6) is -1.53. The molecule has 1 N–H and O–H groups in total. The third kappa shape index (κ3) is 3.02. The lowest BCUT2D eigenvalue weighted by atomic mass is 10.2. The number of halogens is 2. The third-order valence-corrected chi connectivity index (χ3v) is 4.49. The molecule has 0 atom stereocenters. The number of fused-ring (bicyclic) bond motifs is 3. The molecule has 0 spiro atoms. The van der Waals surface area contributed by atoms with Crippen molar-refractivity contribution in [1.29, 1.82) is 0 Å². The first-order valence-electron chi connectivity index (χ1n) is 8.93. The minimum Gasteiger partial charge on any atom is -0.319 e. The van der Waals surface area contributed by atoms with Gasteiger partial charge in [-0.25, -0.2) is 23.7 Å². The van der Waals surface area contributed by atoms with Gasteiger partial charge in [-0.2, -0.15) is 4.52 Å². The smallest absolute Gasteiger partial charge is 0.293 e. The minimum absolute atomic E-state index is 0.189. The van der Waals surface area contributed by atoms with Crippen LogP contribution in [0.5, 0.6) is 0 Å². The van der Waals surface area contributed by atoms with Gasteiger partial charge in [-0.1, -0.05) is 18.2 Å². The van der Waals surface area contributed by atoms with Crippen LogP contribution in [0.3, 0.4) is 0 Å². The molecule has 0 aliphatic carbocycles. The molecule has 3 heterocycles. The highest BCUT2D eigenvalue weighted by Gasteiger charge is 2.16. The van der Waals surface area contributed by atoms with Gasteiger partial charge in [0.15, 0.2) is 23.1 Å². The van der Waals surface area contributed by atoms with Gasteiger partial charge in [0.05, 0.1) is 5.52 Å². The van der Waals surface area contributed by atoms with Gasteiger partial charge in [0.2, 0.25) is 5.95 Å². The Morgan fingerprint density at radius 1 is 0.900 bits per heavy atom. The number of rotatable bonds is 3. The first-order valence-corrected chi connectivity index (χ1v) is 8.93. The molecule has 0 amide bonds. The number of para-hydroxylation sites is 1. The van der Waals surface area contributed by atoms with Crippen molar-refractivity contribution in [3.8, 4) is 11.4 Å². The molecule has 9 heteroatoms. The summed E-state index contributed by atoms with van der Waals surface area (Å²) in [7, 11) is 0. The Balaban J connectivity index is 1.75. The fraction of sp³-hybridized carbons (Fsp3) is 0.